The number of aliphatic hydroxyl groups is 1. The first kappa shape index (κ1) is 19.8. The van der Waals surface area contributed by atoms with Crippen molar-refractivity contribution in [3.63, 3.8) is 0 Å². The molecule has 3 rings (SSSR count). The highest BCUT2D eigenvalue weighted by Gasteiger charge is 2.29. The van der Waals surface area contributed by atoms with E-state index >= 15 is 0 Å². The number of aliphatic hydroxyl groups excluding tert-OH is 1. The lowest BCUT2D eigenvalue weighted by molar-refractivity contribution is 0.101. The summed E-state index contributed by atoms with van der Waals surface area (Å²) < 4.78 is 72.5. The molecule has 0 aliphatic rings. The van der Waals surface area contributed by atoms with Gasteiger partial charge in [0, 0.05) is 11.3 Å². The minimum absolute atomic E-state index is 0.0460. The number of hydrogen-bond acceptors (Lipinski definition) is 3. The van der Waals surface area contributed by atoms with Crippen LogP contribution < -0.4 is 5.32 Å². The maximum atomic E-state index is 13.8. The molecule has 28 heavy (non-hydrogen) atoms. The van der Waals surface area contributed by atoms with Crippen molar-refractivity contribution in [1.29, 1.82) is 0 Å². The molecule has 0 aliphatic carbocycles. The molecule has 0 fully saturated rings. The first-order valence-corrected chi connectivity index (χ1v) is 7.94. The van der Waals surface area contributed by atoms with Crippen LogP contribution in [-0.4, -0.2) is 11.0 Å². The lowest BCUT2D eigenvalue weighted by Crippen LogP contribution is -2.19. The molecule has 10 heteroatoms. The zero-order valence-corrected chi connectivity index (χ0v) is 14.4. The molecular formula is C18H9ClF5NO3. The molecule has 4 nitrogen and oxygen atoms in total. The number of nitrogens with one attached hydrogen (secondary N) is 1. The molecule has 0 spiro atoms. The fourth-order valence-corrected chi connectivity index (χ4v) is 2.61. The third-order valence-corrected chi connectivity index (χ3v) is 4.07. The van der Waals surface area contributed by atoms with Crippen molar-refractivity contribution in [1.82, 2.24) is 0 Å². The largest absolute Gasteiger partial charge is 0.459 e. The lowest BCUT2D eigenvalue weighted by Gasteiger charge is -2.10. The van der Waals surface area contributed by atoms with Crippen LogP contribution in [-0.2, 0) is 6.61 Å². The number of halogens is 6. The van der Waals surface area contributed by atoms with Crippen LogP contribution in [0, 0.1) is 29.1 Å². The van der Waals surface area contributed by atoms with Crippen molar-refractivity contribution >= 4 is 23.2 Å². The van der Waals surface area contributed by atoms with Gasteiger partial charge in [0.2, 0.25) is 5.82 Å². The summed E-state index contributed by atoms with van der Waals surface area (Å²) in [5, 5.41) is 11.3. The molecule has 0 saturated carbocycles. The smallest absolute Gasteiger partial charge is 0.261 e. The van der Waals surface area contributed by atoms with E-state index in [0.717, 1.165) is 0 Å². The van der Waals surface area contributed by atoms with E-state index < -0.39 is 40.6 Å². The summed E-state index contributed by atoms with van der Waals surface area (Å²) in [7, 11) is 0. The quantitative estimate of drug-likeness (QED) is 0.355. The molecule has 0 radical (unpaired) electrons. The summed E-state index contributed by atoms with van der Waals surface area (Å²) in [6.07, 6.45) is 0. The summed E-state index contributed by atoms with van der Waals surface area (Å²) in [4.78, 5) is 12.1. The third-order valence-electron chi connectivity index (χ3n) is 3.74. The Morgan fingerprint density at radius 2 is 1.57 bits per heavy atom. The van der Waals surface area contributed by atoms with Crippen molar-refractivity contribution in [3.05, 3.63) is 75.8 Å². The van der Waals surface area contributed by atoms with Crippen LogP contribution in [0.1, 0.15) is 16.1 Å². The normalized spacial score (nSPS) is 11.0. The van der Waals surface area contributed by atoms with Gasteiger partial charge in [0.25, 0.3) is 5.91 Å². The summed E-state index contributed by atoms with van der Waals surface area (Å²) in [6, 6.07) is 6.82. The Kier molecular flexibility index (Phi) is 5.39. The predicted octanol–water partition coefficient (Wildman–Crippen LogP) is 5.04. The van der Waals surface area contributed by atoms with Crippen LogP contribution in [0.5, 0.6) is 0 Å². The van der Waals surface area contributed by atoms with Gasteiger partial charge in [-0.3, -0.25) is 4.79 Å². The van der Waals surface area contributed by atoms with Gasteiger partial charge >= 0.3 is 0 Å². The van der Waals surface area contributed by atoms with E-state index in [0.29, 0.717) is 0 Å². The number of rotatable bonds is 4. The first-order chi connectivity index (χ1) is 13.2. The Morgan fingerprint density at radius 1 is 0.964 bits per heavy atom. The predicted molar refractivity (Wildman–Crippen MR) is 89.3 cm³/mol. The van der Waals surface area contributed by atoms with Crippen molar-refractivity contribution in [2.24, 2.45) is 0 Å². The zero-order chi connectivity index (χ0) is 20.6. The summed E-state index contributed by atoms with van der Waals surface area (Å²) in [6.45, 7) is -0.367. The molecule has 1 heterocycles. The van der Waals surface area contributed by atoms with Gasteiger partial charge in [0.1, 0.15) is 23.7 Å². The Balaban J connectivity index is 1.97. The SMILES string of the molecule is O=C(Nc1ccc(Cl)c(-c2ccc(CO)o2)c1)c1c(F)c(F)c(F)c(F)c1F. The van der Waals surface area contributed by atoms with Crippen molar-refractivity contribution < 1.29 is 36.3 Å². The number of hydrogen-bond donors (Lipinski definition) is 2. The Hall–Kier alpha value is -2.91. The number of anilines is 1. The van der Waals surface area contributed by atoms with E-state index in [-0.39, 0.29) is 34.4 Å². The highest BCUT2D eigenvalue weighted by atomic mass is 35.5. The van der Waals surface area contributed by atoms with Gasteiger partial charge in [-0.15, -0.1) is 0 Å². The molecule has 0 bridgehead atoms. The number of carbonyl (C=O) groups excluding carboxylic acids is 1. The molecule has 0 unspecified atom stereocenters. The molecule has 3 aromatic rings. The minimum Gasteiger partial charge on any atom is -0.459 e. The Labute approximate surface area is 159 Å². The molecule has 1 aromatic heterocycles. The molecule has 146 valence electrons. The minimum atomic E-state index is -2.36. The number of amides is 1. The molecule has 2 N–H and O–H groups in total. The van der Waals surface area contributed by atoms with E-state index in [4.69, 9.17) is 21.1 Å². The van der Waals surface area contributed by atoms with E-state index in [2.05, 4.69) is 0 Å². The van der Waals surface area contributed by atoms with Crippen LogP contribution >= 0.6 is 11.6 Å². The van der Waals surface area contributed by atoms with E-state index in [1.807, 2.05) is 5.32 Å². The fraction of sp³-hybridized carbons (Fsp3) is 0.0556. The topological polar surface area (TPSA) is 62.5 Å². The monoisotopic (exact) mass is 417 g/mol. The number of benzene rings is 2. The van der Waals surface area contributed by atoms with Gasteiger partial charge in [-0.25, -0.2) is 22.0 Å². The van der Waals surface area contributed by atoms with Gasteiger partial charge in [0.05, 0.1) is 5.02 Å². The highest BCUT2D eigenvalue weighted by molar-refractivity contribution is 6.33. The van der Waals surface area contributed by atoms with Crippen molar-refractivity contribution in [2.75, 3.05) is 5.32 Å². The van der Waals surface area contributed by atoms with Gasteiger partial charge in [-0.05, 0) is 30.3 Å². The standard InChI is InChI=1S/C18H9ClF5NO3/c19-10-3-1-7(5-9(10)11-4-2-8(6-26)28-11)25-18(27)12-13(20)15(22)17(24)16(23)14(12)21/h1-5,26H,6H2,(H,25,27). The molecule has 0 atom stereocenters. The van der Waals surface area contributed by atoms with Crippen LogP contribution in [0.15, 0.2) is 34.7 Å². The van der Waals surface area contributed by atoms with Crippen LogP contribution in [0.4, 0.5) is 27.6 Å². The Bertz CT molecular complexity index is 1050. The molecule has 1 amide bonds. The maximum absolute atomic E-state index is 13.8. The third kappa shape index (κ3) is 3.46. The maximum Gasteiger partial charge on any atom is 0.261 e. The van der Waals surface area contributed by atoms with Crippen LogP contribution in [0.2, 0.25) is 5.02 Å². The van der Waals surface area contributed by atoms with Crippen LogP contribution in [0.25, 0.3) is 11.3 Å². The second-order valence-electron chi connectivity index (χ2n) is 5.52. The fourth-order valence-electron chi connectivity index (χ4n) is 2.40. The van der Waals surface area contributed by atoms with Crippen molar-refractivity contribution in [3.8, 4) is 11.3 Å². The molecule has 2 aromatic carbocycles. The lowest BCUT2D eigenvalue weighted by atomic mass is 10.1. The molecular weight excluding hydrogens is 409 g/mol. The van der Waals surface area contributed by atoms with Gasteiger partial charge < -0.3 is 14.8 Å². The molecule has 0 aliphatic heterocycles. The number of carbonyl (C=O) groups is 1. The van der Waals surface area contributed by atoms with E-state index in [1.165, 1.54) is 30.3 Å². The average molecular weight is 418 g/mol. The van der Waals surface area contributed by atoms with E-state index in [9.17, 15) is 26.7 Å². The highest BCUT2D eigenvalue weighted by Crippen LogP contribution is 2.32. The second kappa shape index (κ2) is 7.61. The summed E-state index contributed by atoms with van der Waals surface area (Å²) in [5.74, 6) is -12.4. The second-order valence-corrected chi connectivity index (χ2v) is 5.92. The molecule has 0 saturated heterocycles. The van der Waals surface area contributed by atoms with Crippen molar-refractivity contribution in [2.45, 2.75) is 6.61 Å². The van der Waals surface area contributed by atoms with Crippen LogP contribution in [0.3, 0.4) is 0 Å². The summed E-state index contributed by atoms with van der Waals surface area (Å²) >= 11 is 6.05. The first-order valence-electron chi connectivity index (χ1n) is 7.56. The Morgan fingerprint density at radius 3 is 2.14 bits per heavy atom. The average Bonchev–Trinajstić information content (AvgIpc) is 3.15. The van der Waals surface area contributed by atoms with Gasteiger partial charge in [-0.1, -0.05) is 11.6 Å². The zero-order valence-electron chi connectivity index (χ0n) is 13.6. The van der Waals surface area contributed by atoms with E-state index in [1.54, 1.807) is 0 Å². The number of furan rings is 1. The van der Waals surface area contributed by atoms with Gasteiger partial charge in [-0.2, -0.15) is 0 Å². The summed E-state index contributed by atoms with van der Waals surface area (Å²) in [5.41, 5.74) is -1.40. The van der Waals surface area contributed by atoms with Gasteiger partial charge in [0.15, 0.2) is 23.3 Å².